The number of hydrogen-bond acceptors (Lipinski definition) is 3. The van der Waals surface area contributed by atoms with Gasteiger partial charge in [0.05, 0.1) is 5.56 Å². The zero-order valence-corrected chi connectivity index (χ0v) is 10.9. The lowest BCUT2D eigenvalue weighted by Crippen LogP contribution is -2.24. The maximum absolute atomic E-state index is 13.4. The lowest BCUT2D eigenvalue weighted by atomic mass is 10.1. The Morgan fingerprint density at radius 3 is 2.25 bits per heavy atom. The summed E-state index contributed by atoms with van der Waals surface area (Å²) in [6.07, 6.45) is -0.968. The molecule has 0 aromatic heterocycles. The molecule has 3 nitrogen and oxygen atoms in total. The van der Waals surface area contributed by atoms with Crippen LogP contribution in [-0.2, 0) is 4.74 Å². The fourth-order valence-corrected chi connectivity index (χ4v) is 1.74. The van der Waals surface area contributed by atoms with Crippen molar-refractivity contribution < 1.29 is 18.7 Å². The number of benzene rings is 2. The summed E-state index contributed by atoms with van der Waals surface area (Å²) in [5.74, 6) is -1.84. The van der Waals surface area contributed by atoms with Crippen LogP contribution in [0.3, 0.4) is 0 Å². The molecule has 0 radical (unpaired) electrons. The van der Waals surface area contributed by atoms with Gasteiger partial charge in [-0.15, -0.1) is 0 Å². The van der Waals surface area contributed by atoms with Gasteiger partial charge in [0.2, 0.25) is 5.78 Å². The maximum Gasteiger partial charge on any atom is 0.341 e. The van der Waals surface area contributed by atoms with E-state index in [1.54, 1.807) is 30.3 Å². The second-order valence-corrected chi connectivity index (χ2v) is 4.26. The molecule has 0 N–H and O–H groups in total. The number of rotatable bonds is 4. The predicted octanol–water partition coefficient (Wildman–Crippen LogP) is 3.25. The van der Waals surface area contributed by atoms with E-state index in [0.29, 0.717) is 5.56 Å². The monoisotopic (exact) mass is 272 g/mol. The zero-order chi connectivity index (χ0) is 14.5. The first-order chi connectivity index (χ1) is 9.59. The molecule has 1 atom stereocenters. The van der Waals surface area contributed by atoms with Crippen molar-refractivity contribution in [3.8, 4) is 0 Å². The third-order valence-corrected chi connectivity index (χ3v) is 2.81. The fourth-order valence-electron chi connectivity index (χ4n) is 1.74. The molecule has 2 aromatic rings. The van der Waals surface area contributed by atoms with Crippen LogP contribution in [0.1, 0.15) is 27.6 Å². The van der Waals surface area contributed by atoms with Crippen LogP contribution in [-0.4, -0.2) is 17.9 Å². The largest absolute Gasteiger partial charge is 0.451 e. The van der Waals surface area contributed by atoms with Gasteiger partial charge < -0.3 is 4.74 Å². The number of carbonyl (C=O) groups excluding carboxylic acids is 2. The quantitative estimate of drug-likeness (QED) is 0.634. The third-order valence-electron chi connectivity index (χ3n) is 2.81. The lowest BCUT2D eigenvalue weighted by molar-refractivity contribution is 0.0314. The van der Waals surface area contributed by atoms with Gasteiger partial charge >= 0.3 is 5.97 Å². The van der Waals surface area contributed by atoms with E-state index >= 15 is 0 Å². The molecule has 0 spiro atoms. The number of halogens is 1. The van der Waals surface area contributed by atoms with Gasteiger partial charge in [0.25, 0.3) is 0 Å². The molecule has 2 rings (SSSR count). The molecule has 102 valence electrons. The van der Waals surface area contributed by atoms with Crippen LogP contribution in [0.25, 0.3) is 0 Å². The summed E-state index contributed by atoms with van der Waals surface area (Å²) >= 11 is 0. The van der Waals surface area contributed by atoms with Crippen LogP contribution >= 0.6 is 0 Å². The Bertz CT molecular complexity index is 623. The van der Waals surface area contributed by atoms with Crippen molar-refractivity contribution in [2.24, 2.45) is 0 Å². The van der Waals surface area contributed by atoms with Crippen LogP contribution in [0.5, 0.6) is 0 Å². The van der Waals surface area contributed by atoms with Gasteiger partial charge in [-0.25, -0.2) is 9.18 Å². The van der Waals surface area contributed by atoms with Gasteiger partial charge in [-0.05, 0) is 19.1 Å². The van der Waals surface area contributed by atoms with Crippen molar-refractivity contribution in [1.29, 1.82) is 0 Å². The first kappa shape index (κ1) is 13.9. The summed E-state index contributed by atoms with van der Waals surface area (Å²) in [5.41, 5.74) is 0.265. The molecule has 2 aromatic carbocycles. The highest BCUT2D eigenvalue weighted by atomic mass is 19.1. The molecule has 0 saturated heterocycles. The van der Waals surface area contributed by atoms with Crippen LogP contribution in [0, 0.1) is 5.82 Å². The summed E-state index contributed by atoms with van der Waals surface area (Å²) in [6.45, 7) is 1.47. The van der Waals surface area contributed by atoms with Crippen molar-refractivity contribution in [2.75, 3.05) is 0 Å². The Morgan fingerprint density at radius 2 is 1.60 bits per heavy atom. The Labute approximate surface area is 116 Å². The lowest BCUT2D eigenvalue weighted by Gasteiger charge is -2.12. The van der Waals surface area contributed by atoms with Crippen molar-refractivity contribution in [3.05, 3.63) is 71.5 Å². The molecule has 0 aliphatic carbocycles. The number of carbonyl (C=O) groups is 2. The second-order valence-electron chi connectivity index (χ2n) is 4.26. The van der Waals surface area contributed by atoms with E-state index in [9.17, 15) is 14.0 Å². The fraction of sp³-hybridized carbons (Fsp3) is 0.125. The third kappa shape index (κ3) is 3.09. The van der Waals surface area contributed by atoms with Gasteiger partial charge in [-0.3, -0.25) is 4.79 Å². The average Bonchev–Trinajstić information content (AvgIpc) is 2.47. The highest BCUT2D eigenvalue weighted by molar-refractivity contribution is 6.01. The molecule has 0 bridgehead atoms. The van der Waals surface area contributed by atoms with Gasteiger partial charge in [-0.1, -0.05) is 42.5 Å². The van der Waals surface area contributed by atoms with Crippen LogP contribution in [0.2, 0.25) is 0 Å². The highest BCUT2D eigenvalue weighted by Gasteiger charge is 2.21. The Balaban J connectivity index is 2.09. The van der Waals surface area contributed by atoms with Gasteiger partial charge in [0.15, 0.2) is 6.10 Å². The number of hydrogen-bond donors (Lipinski definition) is 0. The molecule has 20 heavy (non-hydrogen) atoms. The van der Waals surface area contributed by atoms with Crippen LogP contribution < -0.4 is 0 Å². The molecular weight excluding hydrogens is 259 g/mol. The van der Waals surface area contributed by atoms with Crippen molar-refractivity contribution in [2.45, 2.75) is 13.0 Å². The molecule has 0 amide bonds. The number of ether oxygens (including phenoxy) is 1. The Hall–Kier alpha value is -2.49. The van der Waals surface area contributed by atoms with E-state index in [1.165, 1.54) is 31.2 Å². The standard InChI is InChI=1S/C16H13FO3/c1-11(15(18)12-7-3-2-4-8-12)20-16(19)13-9-5-6-10-14(13)17/h2-11H,1H3/t11-/m1/s1. The molecule has 0 fully saturated rings. The first-order valence-electron chi connectivity index (χ1n) is 6.14. The second kappa shape index (κ2) is 6.10. The zero-order valence-electron chi connectivity index (χ0n) is 10.9. The van der Waals surface area contributed by atoms with Crippen LogP contribution in [0.4, 0.5) is 4.39 Å². The van der Waals surface area contributed by atoms with Crippen LogP contribution in [0.15, 0.2) is 54.6 Å². The summed E-state index contributed by atoms with van der Waals surface area (Å²) in [6, 6.07) is 14.0. The summed E-state index contributed by atoms with van der Waals surface area (Å²) in [5, 5.41) is 0. The van der Waals surface area contributed by atoms with E-state index in [4.69, 9.17) is 4.74 Å². The van der Waals surface area contributed by atoms with Gasteiger partial charge in [-0.2, -0.15) is 0 Å². The SMILES string of the molecule is C[C@@H](OC(=O)c1ccccc1F)C(=O)c1ccccc1. The Kier molecular flexibility index (Phi) is 4.25. The van der Waals surface area contributed by atoms with E-state index in [2.05, 4.69) is 0 Å². The van der Waals surface area contributed by atoms with E-state index in [0.717, 1.165) is 0 Å². The molecular formula is C16H13FO3. The molecule has 0 heterocycles. The normalized spacial score (nSPS) is 11.7. The number of Topliss-reactive ketones (excluding diaryl/α,β-unsaturated/α-hetero) is 1. The minimum Gasteiger partial charge on any atom is -0.451 e. The molecule has 0 aliphatic rings. The van der Waals surface area contributed by atoms with E-state index in [-0.39, 0.29) is 11.3 Å². The highest BCUT2D eigenvalue weighted by Crippen LogP contribution is 2.12. The predicted molar refractivity (Wildman–Crippen MR) is 72.1 cm³/mol. The molecule has 4 heteroatoms. The maximum atomic E-state index is 13.4. The molecule has 0 unspecified atom stereocenters. The van der Waals surface area contributed by atoms with Gasteiger partial charge in [0, 0.05) is 5.56 Å². The topological polar surface area (TPSA) is 43.4 Å². The average molecular weight is 272 g/mol. The van der Waals surface area contributed by atoms with E-state index < -0.39 is 17.9 Å². The van der Waals surface area contributed by atoms with Crippen molar-refractivity contribution in [1.82, 2.24) is 0 Å². The number of ketones is 1. The summed E-state index contributed by atoms with van der Waals surface area (Å²) in [7, 11) is 0. The van der Waals surface area contributed by atoms with E-state index in [1.807, 2.05) is 0 Å². The summed E-state index contributed by atoms with van der Waals surface area (Å²) in [4.78, 5) is 23.8. The molecule has 0 aliphatic heterocycles. The first-order valence-corrected chi connectivity index (χ1v) is 6.14. The smallest absolute Gasteiger partial charge is 0.341 e. The number of esters is 1. The summed E-state index contributed by atoms with van der Waals surface area (Å²) < 4.78 is 18.4. The van der Waals surface area contributed by atoms with Crippen molar-refractivity contribution in [3.63, 3.8) is 0 Å². The van der Waals surface area contributed by atoms with Crippen molar-refractivity contribution >= 4 is 11.8 Å². The Morgan fingerprint density at radius 1 is 1.00 bits per heavy atom. The van der Waals surface area contributed by atoms with Gasteiger partial charge in [0.1, 0.15) is 5.82 Å². The minimum atomic E-state index is -0.968. The molecule has 0 saturated carbocycles. The minimum absolute atomic E-state index is 0.180.